The number of nitrogens with zero attached hydrogens (tertiary/aromatic N) is 3. The van der Waals surface area contributed by atoms with Gasteiger partial charge in [-0.1, -0.05) is 41.4 Å². The molecule has 0 bridgehead atoms. The predicted octanol–water partition coefficient (Wildman–Crippen LogP) is 4.35. The minimum Gasteiger partial charge on any atom is -0.352 e. The molecule has 0 radical (unpaired) electrons. The summed E-state index contributed by atoms with van der Waals surface area (Å²) < 4.78 is 29.4. The van der Waals surface area contributed by atoms with Gasteiger partial charge >= 0.3 is 0 Å². The first-order valence-electron chi connectivity index (χ1n) is 11.0. The first-order chi connectivity index (χ1) is 16.2. The third-order valence-corrected chi connectivity index (χ3v) is 8.52. The summed E-state index contributed by atoms with van der Waals surface area (Å²) in [6.45, 7) is 2.84. The maximum Gasteiger partial charge on any atom is 0.224 e. The summed E-state index contributed by atoms with van der Waals surface area (Å²) in [6.07, 6.45) is 4.91. The first-order valence-corrected chi connectivity index (χ1v) is 13.4. The van der Waals surface area contributed by atoms with E-state index in [2.05, 4.69) is 10.3 Å². The molecule has 1 aliphatic heterocycles. The molecule has 7 nitrogen and oxygen atoms in total. The average Bonchev–Trinajstić information content (AvgIpc) is 3.26. The number of carbonyl (C=O) groups is 1. The molecule has 1 aromatic heterocycles. The van der Waals surface area contributed by atoms with Gasteiger partial charge in [0.05, 0.1) is 11.7 Å². The van der Waals surface area contributed by atoms with Gasteiger partial charge in [-0.05, 0) is 49.6 Å². The van der Waals surface area contributed by atoms with E-state index in [0.29, 0.717) is 41.5 Å². The van der Waals surface area contributed by atoms with Crippen LogP contribution in [0.3, 0.4) is 0 Å². The number of aryl methyl sites for hydroxylation is 1. The Kier molecular flexibility index (Phi) is 7.62. The van der Waals surface area contributed by atoms with Crippen molar-refractivity contribution in [3.05, 3.63) is 81.9 Å². The fraction of sp³-hybridized carbons (Fsp3) is 0.333. The lowest BCUT2D eigenvalue weighted by Gasteiger charge is -2.31. The van der Waals surface area contributed by atoms with Crippen molar-refractivity contribution in [3.8, 4) is 5.69 Å². The topological polar surface area (TPSA) is 84.3 Å². The number of amides is 1. The molecule has 0 unspecified atom stereocenters. The molecule has 0 spiro atoms. The molecule has 3 aromatic rings. The Bertz CT molecular complexity index is 1260. The molecule has 0 aliphatic carbocycles. The van der Waals surface area contributed by atoms with E-state index in [0.717, 1.165) is 17.1 Å². The average molecular weight is 521 g/mol. The zero-order chi connectivity index (χ0) is 24.3. The Labute approximate surface area is 209 Å². The third kappa shape index (κ3) is 5.63. The lowest BCUT2D eigenvalue weighted by Crippen LogP contribution is -2.45. The second-order valence-electron chi connectivity index (χ2n) is 8.38. The van der Waals surface area contributed by atoms with E-state index < -0.39 is 15.9 Å². The van der Waals surface area contributed by atoms with Gasteiger partial charge in [-0.15, -0.1) is 0 Å². The van der Waals surface area contributed by atoms with E-state index in [1.54, 1.807) is 24.4 Å². The number of rotatable bonds is 7. The zero-order valence-electron chi connectivity index (χ0n) is 18.7. The summed E-state index contributed by atoms with van der Waals surface area (Å²) in [7, 11) is -3.67. The van der Waals surface area contributed by atoms with E-state index in [9.17, 15) is 13.2 Å². The van der Waals surface area contributed by atoms with Gasteiger partial charge in [0.1, 0.15) is 5.82 Å². The molecule has 1 fully saturated rings. The highest BCUT2D eigenvalue weighted by Crippen LogP contribution is 2.29. The molecule has 4 rings (SSSR count). The van der Waals surface area contributed by atoms with Crippen molar-refractivity contribution in [1.82, 2.24) is 19.2 Å². The molecular weight excluding hydrogens is 495 g/mol. The molecule has 1 amide bonds. The third-order valence-electron chi connectivity index (χ3n) is 6.04. The monoisotopic (exact) mass is 520 g/mol. The van der Waals surface area contributed by atoms with Crippen LogP contribution in [0.2, 0.25) is 10.0 Å². The predicted molar refractivity (Wildman–Crippen MR) is 134 cm³/mol. The van der Waals surface area contributed by atoms with Gasteiger partial charge in [-0.2, -0.15) is 0 Å². The van der Waals surface area contributed by atoms with Crippen molar-refractivity contribution in [2.45, 2.75) is 32.1 Å². The van der Waals surface area contributed by atoms with Crippen molar-refractivity contribution >= 4 is 39.1 Å². The van der Waals surface area contributed by atoms with E-state index in [1.165, 1.54) is 4.31 Å². The SMILES string of the molecule is Cc1nccn1-c1ccc(CNC(=O)[C@H]2CCCN(S(=O)(=O)Cc3c(Cl)cccc3Cl)C2)cc1. The largest absolute Gasteiger partial charge is 0.352 e. The van der Waals surface area contributed by atoms with Gasteiger partial charge in [0.15, 0.2) is 0 Å². The summed E-state index contributed by atoms with van der Waals surface area (Å²) in [5.74, 6) is 0.0563. The van der Waals surface area contributed by atoms with Gasteiger partial charge in [0.2, 0.25) is 15.9 Å². The van der Waals surface area contributed by atoms with E-state index in [4.69, 9.17) is 23.2 Å². The molecule has 2 heterocycles. The second-order valence-corrected chi connectivity index (χ2v) is 11.2. The van der Waals surface area contributed by atoms with Crippen LogP contribution in [-0.2, 0) is 27.1 Å². The number of hydrogen-bond donors (Lipinski definition) is 1. The molecule has 10 heteroatoms. The highest BCUT2D eigenvalue weighted by molar-refractivity contribution is 7.88. The summed E-state index contributed by atoms with van der Waals surface area (Å²) in [5, 5.41) is 3.58. The lowest BCUT2D eigenvalue weighted by atomic mass is 9.99. The molecule has 0 saturated carbocycles. The van der Waals surface area contributed by atoms with Crippen LogP contribution in [0.4, 0.5) is 0 Å². The molecular formula is C24H26Cl2N4O3S. The molecule has 2 aromatic carbocycles. The van der Waals surface area contributed by atoms with Crippen LogP contribution in [0.25, 0.3) is 5.69 Å². The Morgan fingerprint density at radius 2 is 1.85 bits per heavy atom. The summed E-state index contributed by atoms with van der Waals surface area (Å²) in [5.41, 5.74) is 2.34. The van der Waals surface area contributed by atoms with Crippen LogP contribution < -0.4 is 5.32 Å². The van der Waals surface area contributed by atoms with Crippen molar-refractivity contribution in [2.24, 2.45) is 5.92 Å². The number of halogens is 2. The summed E-state index contributed by atoms with van der Waals surface area (Å²) in [4.78, 5) is 17.0. The van der Waals surface area contributed by atoms with E-state index in [-0.39, 0.29) is 18.2 Å². The van der Waals surface area contributed by atoms with E-state index in [1.807, 2.05) is 42.0 Å². The smallest absolute Gasteiger partial charge is 0.224 e. The normalized spacial score (nSPS) is 17.0. The summed E-state index contributed by atoms with van der Waals surface area (Å²) in [6, 6.07) is 12.8. The van der Waals surface area contributed by atoms with E-state index >= 15 is 0 Å². The molecule has 1 aliphatic rings. The quantitative estimate of drug-likeness (QED) is 0.501. The molecule has 34 heavy (non-hydrogen) atoms. The van der Waals surface area contributed by atoms with Gasteiger partial charge in [-0.3, -0.25) is 4.79 Å². The highest BCUT2D eigenvalue weighted by Gasteiger charge is 2.33. The number of sulfonamides is 1. The molecule has 1 N–H and O–H groups in total. The fourth-order valence-corrected chi connectivity index (χ4v) is 6.47. The maximum atomic E-state index is 13.0. The van der Waals surface area contributed by atoms with Crippen molar-refractivity contribution in [2.75, 3.05) is 13.1 Å². The minimum absolute atomic E-state index is 0.148. The van der Waals surface area contributed by atoms with Gasteiger partial charge in [-0.25, -0.2) is 17.7 Å². The van der Waals surface area contributed by atoms with Crippen molar-refractivity contribution in [3.63, 3.8) is 0 Å². The van der Waals surface area contributed by atoms with Crippen LogP contribution in [0.5, 0.6) is 0 Å². The fourth-order valence-electron chi connectivity index (χ4n) is 4.11. The highest BCUT2D eigenvalue weighted by atomic mass is 35.5. The molecule has 180 valence electrons. The maximum absolute atomic E-state index is 13.0. The number of imidazole rings is 1. The standard InChI is InChI=1S/C24H26Cl2N4O3S/c1-17-27-11-13-30(17)20-9-7-18(8-10-20)14-28-24(31)19-4-3-12-29(15-19)34(32,33)16-21-22(25)5-2-6-23(21)26/h2,5-11,13,19H,3-4,12,14-16H2,1H3,(H,28,31)/t19-/m0/s1. The van der Waals surface area contributed by atoms with Gasteiger partial charge in [0, 0.05) is 53.3 Å². The Morgan fingerprint density at radius 3 is 2.50 bits per heavy atom. The molecule has 1 saturated heterocycles. The van der Waals surface area contributed by atoms with Crippen LogP contribution in [0, 0.1) is 12.8 Å². The Morgan fingerprint density at radius 1 is 1.15 bits per heavy atom. The van der Waals surface area contributed by atoms with Gasteiger partial charge < -0.3 is 9.88 Å². The Hall–Kier alpha value is -2.39. The number of benzene rings is 2. The van der Waals surface area contributed by atoms with Crippen LogP contribution in [-0.4, -0.2) is 41.3 Å². The number of carbonyl (C=O) groups excluding carboxylic acids is 1. The number of piperidine rings is 1. The lowest BCUT2D eigenvalue weighted by molar-refractivity contribution is -0.126. The first kappa shape index (κ1) is 24.7. The second kappa shape index (κ2) is 10.5. The number of aromatic nitrogens is 2. The van der Waals surface area contributed by atoms with Gasteiger partial charge in [0.25, 0.3) is 0 Å². The Balaban J connectivity index is 1.35. The van der Waals surface area contributed by atoms with Crippen molar-refractivity contribution in [1.29, 1.82) is 0 Å². The van der Waals surface area contributed by atoms with Crippen LogP contribution in [0.15, 0.2) is 54.9 Å². The number of nitrogens with one attached hydrogen (secondary N) is 1. The van der Waals surface area contributed by atoms with Crippen LogP contribution in [0.1, 0.15) is 29.8 Å². The minimum atomic E-state index is -3.67. The molecule has 1 atom stereocenters. The number of hydrogen-bond acceptors (Lipinski definition) is 4. The van der Waals surface area contributed by atoms with Crippen molar-refractivity contribution < 1.29 is 13.2 Å². The zero-order valence-corrected chi connectivity index (χ0v) is 21.1. The van der Waals surface area contributed by atoms with Crippen LogP contribution >= 0.6 is 23.2 Å². The summed E-state index contributed by atoms with van der Waals surface area (Å²) >= 11 is 12.3.